The standard InChI is InChI=1S/C30H35F2N5O2.C2H7N/c1-19(27-17-28(37-36-27)35-22-3-5-24(31)25(32)16-22)34-23-4-6-26(33-18-23)21-9-13-30(14-10-21)11-7-20(8-12-30)15-29(38)39-2;1-3-2/h3-6,16,18,20-21,34H,1,7-15,17H2,2H3,(H,35,37);3H,1-2H3. The van der Waals surface area contributed by atoms with Crippen molar-refractivity contribution in [1.29, 1.82) is 0 Å². The number of halogens is 2. The van der Waals surface area contributed by atoms with Gasteiger partial charge in [0, 0.05) is 24.1 Å². The molecule has 0 saturated heterocycles. The van der Waals surface area contributed by atoms with Gasteiger partial charge in [-0.3, -0.25) is 15.2 Å². The molecule has 2 aliphatic carbocycles. The third-order valence-electron chi connectivity index (χ3n) is 8.57. The van der Waals surface area contributed by atoms with Crippen molar-refractivity contribution in [2.75, 3.05) is 26.5 Å². The smallest absolute Gasteiger partial charge is 0.305 e. The lowest BCUT2D eigenvalue weighted by atomic mass is 9.61. The van der Waals surface area contributed by atoms with E-state index in [2.05, 4.69) is 38.8 Å². The fourth-order valence-corrected chi connectivity index (χ4v) is 6.12. The summed E-state index contributed by atoms with van der Waals surface area (Å²) < 4.78 is 31.5. The highest BCUT2D eigenvalue weighted by atomic mass is 19.2. The van der Waals surface area contributed by atoms with Crippen LogP contribution in [-0.2, 0) is 9.53 Å². The van der Waals surface area contributed by atoms with Gasteiger partial charge in [-0.05, 0) is 101 Å². The highest BCUT2D eigenvalue weighted by Crippen LogP contribution is 2.52. The van der Waals surface area contributed by atoms with Crippen molar-refractivity contribution >= 4 is 28.9 Å². The second-order valence-electron chi connectivity index (χ2n) is 11.6. The van der Waals surface area contributed by atoms with E-state index in [9.17, 15) is 13.6 Å². The Kier molecular flexibility index (Phi) is 10.8. The summed E-state index contributed by atoms with van der Waals surface area (Å²) in [5, 5.41) is 10.3. The number of nitrogens with one attached hydrogen (secondary N) is 3. The number of esters is 1. The molecular formula is C32H42F2N6O2. The molecule has 0 amide bonds. The van der Waals surface area contributed by atoms with E-state index in [-0.39, 0.29) is 5.97 Å². The van der Waals surface area contributed by atoms with Crippen LogP contribution in [0.4, 0.5) is 20.2 Å². The van der Waals surface area contributed by atoms with Crippen LogP contribution in [0.5, 0.6) is 0 Å². The maximum Gasteiger partial charge on any atom is 0.305 e. The third kappa shape index (κ3) is 8.21. The van der Waals surface area contributed by atoms with Crippen molar-refractivity contribution in [2.24, 2.45) is 21.4 Å². The van der Waals surface area contributed by atoms with Crippen molar-refractivity contribution in [3.8, 4) is 0 Å². The minimum atomic E-state index is -0.940. The molecule has 2 fully saturated rings. The molecule has 42 heavy (non-hydrogen) atoms. The topological polar surface area (TPSA) is 100 Å². The molecule has 2 heterocycles. The van der Waals surface area contributed by atoms with Crippen LogP contribution in [0.2, 0.25) is 0 Å². The summed E-state index contributed by atoms with van der Waals surface area (Å²) in [7, 11) is 5.22. The highest BCUT2D eigenvalue weighted by molar-refractivity contribution is 6.16. The molecule has 226 valence electrons. The summed E-state index contributed by atoms with van der Waals surface area (Å²) in [5.74, 6) is -0.459. The number of ether oxygens (including phenoxy) is 1. The molecule has 1 aliphatic heterocycles. The summed E-state index contributed by atoms with van der Waals surface area (Å²) in [6.45, 7) is 4.09. The third-order valence-corrected chi connectivity index (χ3v) is 8.57. The number of rotatable bonds is 7. The largest absolute Gasteiger partial charge is 0.469 e. The molecule has 2 saturated carbocycles. The number of hydrogen-bond acceptors (Lipinski definition) is 7. The van der Waals surface area contributed by atoms with Gasteiger partial charge in [0.25, 0.3) is 0 Å². The maximum atomic E-state index is 13.5. The van der Waals surface area contributed by atoms with E-state index in [4.69, 9.17) is 9.72 Å². The molecule has 2 aromatic rings. The lowest BCUT2D eigenvalue weighted by Crippen LogP contribution is -2.32. The van der Waals surface area contributed by atoms with Crippen molar-refractivity contribution < 1.29 is 18.3 Å². The Morgan fingerprint density at radius 3 is 2.40 bits per heavy atom. The van der Waals surface area contributed by atoms with Gasteiger partial charge in [-0.2, -0.15) is 5.10 Å². The van der Waals surface area contributed by atoms with Crippen LogP contribution in [0.3, 0.4) is 0 Å². The zero-order valence-electron chi connectivity index (χ0n) is 24.8. The van der Waals surface area contributed by atoms with Gasteiger partial charge in [-0.1, -0.05) is 6.58 Å². The summed E-state index contributed by atoms with van der Waals surface area (Å²) in [5.41, 5.74) is 6.83. The van der Waals surface area contributed by atoms with Crippen LogP contribution in [0.1, 0.15) is 75.8 Å². The van der Waals surface area contributed by atoms with Crippen molar-refractivity contribution in [3.63, 3.8) is 0 Å². The molecule has 0 radical (unpaired) electrons. The van der Waals surface area contributed by atoms with E-state index in [0.717, 1.165) is 49.2 Å². The number of carbonyl (C=O) groups is 1. The molecule has 5 rings (SSSR count). The van der Waals surface area contributed by atoms with Gasteiger partial charge in [0.1, 0.15) is 5.84 Å². The predicted octanol–water partition coefficient (Wildman–Crippen LogP) is 6.60. The monoisotopic (exact) mass is 580 g/mol. The lowest BCUT2D eigenvalue weighted by Gasteiger charge is -2.44. The van der Waals surface area contributed by atoms with Crippen molar-refractivity contribution in [2.45, 2.75) is 70.1 Å². The normalized spacial score (nSPS) is 24.3. The van der Waals surface area contributed by atoms with E-state index >= 15 is 0 Å². The van der Waals surface area contributed by atoms with Gasteiger partial charge in [0.2, 0.25) is 0 Å². The highest BCUT2D eigenvalue weighted by Gasteiger charge is 2.39. The van der Waals surface area contributed by atoms with E-state index in [1.165, 1.54) is 38.9 Å². The van der Waals surface area contributed by atoms with E-state index in [0.29, 0.717) is 53.0 Å². The van der Waals surface area contributed by atoms with Gasteiger partial charge in [0.05, 0.1) is 42.5 Å². The van der Waals surface area contributed by atoms with E-state index in [1.807, 2.05) is 26.4 Å². The summed E-state index contributed by atoms with van der Waals surface area (Å²) in [4.78, 5) is 20.7. The van der Waals surface area contributed by atoms with Crippen LogP contribution in [0.15, 0.2) is 58.9 Å². The van der Waals surface area contributed by atoms with E-state index < -0.39 is 11.6 Å². The molecule has 0 bridgehead atoms. The SMILES string of the molecule is C=C(Nc1ccc(C2CCC3(CCC(CC(=O)OC)CC3)CC2)nc1)C1=NNC(=Nc2ccc(F)c(F)c2)C1.CNC. The van der Waals surface area contributed by atoms with Crippen molar-refractivity contribution in [1.82, 2.24) is 15.7 Å². The number of aliphatic imine (C=N–C) groups is 1. The Morgan fingerprint density at radius 2 is 1.79 bits per heavy atom. The van der Waals surface area contributed by atoms with Crippen LogP contribution in [-0.4, -0.2) is 43.7 Å². The summed E-state index contributed by atoms with van der Waals surface area (Å²) in [6, 6.07) is 7.63. The number of amidine groups is 1. The molecule has 1 aromatic carbocycles. The van der Waals surface area contributed by atoms with Crippen LogP contribution < -0.4 is 16.1 Å². The maximum absolute atomic E-state index is 13.5. The first-order valence-corrected chi connectivity index (χ1v) is 14.7. The number of hydrogen-bond donors (Lipinski definition) is 3. The Labute approximate surface area is 247 Å². The number of anilines is 1. The first-order chi connectivity index (χ1) is 20.2. The number of methoxy groups -OCH3 is 1. The number of hydrazone groups is 1. The Bertz CT molecular complexity index is 1290. The molecule has 3 N–H and O–H groups in total. The van der Waals surface area contributed by atoms with Crippen molar-refractivity contribution in [3.05, 3.63) is 66.1 Å². The summed E-state index contributed by atoms with van der Waals surface area (Å²) in [6.07, 6.45) is 12.2. The molecular weight excluding hydrogens is 538 g/mol. The second-order valence-corrected chi connectivity index (χ2v) is 11.6. The van der Waals surface area contributed by atoms with Gasteiger partial charge >= 0.3 is 5.97 Å². The molecule has 1 spiro atoms. The fourth-order valence-electron chi connectivity index (χ4n) is 6.12. The van der Waals surface area contributed by atoms with Gasteiger partial charge in [-0.15, -0.1) is 0 Å². The molecule has 3 aliphatic rings. The number of carbonyl (C=O) groups excluding carboxylic acids is 1. The number of benzene rings is 1. The van der Waals surface area contributed by atoms with Crippen LogP contribution >= 0.6 is 0 Å². The van der Waals surface area contributed by atoms with Gasteiger partial charge in [-0.25, -0.2) is 13.8 Å². The quantitative estimate of drug-likeness (QED) is 0.319. The minimum Gasteiger partial charge on any atom is -0.469 e. The molecule has 8 nitrogen and oxygen atoms in total. The minimum absolute atomic E-state index is 0.0848. The first-order valence-electron chi connectivity index (χ1n) is 14.7. The predicted molar refractivity (Wildman–Crippen MR) is 163 cm³/mol. The molecule has 0 unspecified atom stereocenters. The average Bonchev–Trinajstić information content (AvgIpc) is 3.46. The number of aromatic nitrogens is 1. The van der Waals surface area contributed by atoms with Gasteiger partial charge < -0.3 is 15.4 Å². The average molecular weight is 581 g/mol. The summed E-state index contributed by atoms with van der Waals surface area (Å²) >= 11 is 0. The zero-order valence-corrected chi connectivity index (χ0v) is 24.8. The number of pyridine rings is 1. The first kappa shape index (κ1) is 31.3. The Morgan fingerprint density at radius 1 is 1.10 bits per heavy atom. The molecule has 10 heteroatoms. The fraction of sp³-hybridized carbons (Fsp3) is 0.500. The number of allylic oxidation sites excluding steroid dienone is 1. The zero-order chi connectivity index (χ0) is 30.1. The molecule has 0 atom stereocenters. The molecule has 1 aromatic heterocycles. The van der Waals surface area contributed by atoms with Crippen LogP contribution in [0, 0.1) is 23.0 Å². The Balaban J connectivity index is 0.00000129. The van der Waals surface area contributed by atoms with Crippen LogP contribution in [0.25, 0.3) is 0 Å². The van der Waals surface area contributed by atoms with E-state index in [1.54, 1.807) is 0 Å². The second kappa shape index (κ2) is 14.5. The number of nitrogens with zero attached hydrogens (tertiary/aromatic N) is 3. The Hall–Kier alpha value is -3.66. The van der Waals surface area contributed by atoms with Gasteiger partial charge in [0.15, 0.2) is 11.6 Å². The lowest BCUT2D eigenvalue weighted by molar-refractivity contribution is -0.142.